The molecule has 0 aliphatic carbocycles. The van der Waals surface area contributed by atoms with Gasteiger partial charge in [-0.1, -0.05) is 71.0 Å². The SMILES string of the molecule is CC(C)(C)CC(C)(C)c1cccc(-c2ccccc2O)c1O. The van der Waals surface area contributed by atoms with Crippen molar-refractivity contribution in [1.82, 2.24) is 0 Å². The van der Waals surface area contributed by atoms with Crippen molar-refractivity contribution in [3.05, 3.63) is 48.0 Å². The molecule has 2 aromatic rings. The van der Waals surface area contributed by atoms with E-state index in [1.807, 2.05) is 30.3 Å². The minimum atomic E-state index is -0.150. The average molecular weight is 298 g/mol. The van der Waals surface area contributed by atoms with E-state index in [0.29, 0.717) is 11.1 Å². The van der Waals surface area contributed by atoms with Crippen LogP contribution in [0.25, 0.3) is 11.1 Å². The van der Waals surface area contributed by atoms with Crippen LogP contribution in [-0.2, 0) is 5.41 Å². The highest BCUT2D eigenvalue weighted by Crippen LogP contribution is 2.44. The summed E-state index contributed by atoms with van der Waals surface area (Å²) in [6.07, 6.45) is 0.956. The molecule has 2 N–H and O–H groups in total. The highest BCUT2D eigenvalue weighted by atomic mass is 16.3. The zero-order valence-corrected chi connectivity index (χ0v) is 14.1. The first-order valence-electron chi connectivity index (χ1n) is 7.73. The van der Waals surface area contributed by atoms with E-state index in [4.69, 9.17) is 0 Å². The molecule has 2 heteroatoms. The van der Waals surface area contributed by atoms with Crippen molar-refractivity contribution in [2.75, 3.05) is 0 Å². The van der Waals surface area contributed by atoms with Gasteiger partial charge in [-0.05, 0) is 23.3 Å². The predicted octanol–water partition coefficient (Wildman–Crippen LogP) is 5.48. The third-order valence-electron chi connectivity index (χ3n) is 3.93. The molecule has 2 nitrogen and oxygen atoms in total. The fraction of sp³-hybridized carbons (Fsp3) is 0.400. The lowest BCUT2D eigenvalue weighted by Gasteiger charge is -2.33. The monoisotopic (exact) mass is 298 g/mol. The fourth-order valence-electron chi connectivity index (χ4n) is 3.43. The summed E-state index contributed by atoms with van der Waals surface area (Å²) in [5.74, 6) is 0.446. The Labute approximate surface area is 133 Å². The van der Waals surface area contributed by atoms with Gasteiger partial charge in [0.1, 0.15) is 11.5 Å². The Morgan fingerprint density at radius 2 is 1.36 bits per heavy atom. The number of aromatic hydroxyl groups is 2. The molecule has 0 saturated carbocycles. The fourth-order valence-corrected chi connectivity index (χ4v) is 3.43. The second-order valence-electron chi connectivity index (χ2n) is 7.84. The van der Waals surface area contributed by atoms with Crippen LogP contribution in [0.2, 0.25) is 0 Å². The van der Waals surface area contributed by atoms with Crippen molar-refractivity contribution >= 4 is 0 Å². The Bertz CT molecular complexity index is 664. The molecule has 0 atom stereocenters. The first kappa shape index (κ1) is 16.4. The number of phenols is 2. The summed E-state index contributed by atoms with van der Waals surface area (Å²) in [5, 5.41) is 20.8. The van der Waals surface area contributed by atoms with E-state index in [9.17, 15) is 10.2 Å². The van der Waals surface area contributed by atoms with E-state index in [0.717, 1.165) is 12.0 Å². The Hall–Kier alpha value is -1.96. The standard InChI is InChI=1S/C20H26O2/c1-19(2,3)13-20(4,5)16-11-8-10-15(18(16)22)14-9-6-7-12-17(14)21/h6-12,21-22H,13H2,1-5H3. The summed E-state index contributed by atoms with van der Waals surface area (Å²) in [6.45, 7) is 10.9. The molecule has 0 unspecified atom stereocenters. The largest absolute Gasteiger partial charge is 0.507 e. The lowest BCUT2D eigenvalue weighted by molar-refractivity contribution is 0.278. The van der Waals surface area contributed by atoms with E-state index in [1.54, 1.807) is 12.1 Å². The molecule has 2 aromatic carbocycles. The molecule has 0 fully saturated rings. The molecule has 0 spiro atoms. The van der Waals surface area contributed by atoms with Crippen LogP contribution in [0.15, 0.2) is 42.5 Å². The van der Waals surface area contributed by atoms with Gasteiger partial charge in [-0.25, -0.2) is 0 Å². The topological polar surface area (TPSA) is 40.5 Å². The van der Waals surface area contributed by atoms with Gasteiger partial charge in [0, 0.05) is 16.7 Å². The number of hydrogen-bond acceptors (Lipinski definition) is 2. The molecular formula is C20H26O2. The minimum absolute atomic E-state index is 0.150. The zero-order chi connectivity index (χ0) is 16.5. The Balaban J connectivity index is 2.53. The molecule has 0 radical (unpaired) electrons. The van der Waals surface area contributed by atoms with Gasteiger partial charge in [-0.15, -0.1) is 0 Å². The summed E-state index contributed by atoms with van der Waals surface area (Å²) in [4.78, 5) is 0. The van der Waals surface area contributed by atoms with E-state index in [-0.39, 0.29) is 22.3 Å². The number of phenolic OH excluding ortho intramolecular Hbond substituents is 2. The normalized spacial score (nSPS) is 12.4. The third-order valence-corrected chi connectivity index (χ3v) is 3.93. The molecule has 2 rings (SSSR count). The van der Waals surface area contributed by atoms with E-state index in [1.165, 1.54) is 0 Å². The smallest absolute Gasteiger partial charge is 0.127 e. The zero-order valence-electron chi connectivity index (χ0n) is 14.1. The quantitative estimate of drug-likeness (QED) is 0.787. The molecule has 0 saturated heterocycles. The van der Waals surface area contributed by atoms with Crippen LogP contribution in [0.1, 0.15) is 46.6 Å². The van der Waals surface area contributed by atoms with E-state index >= 15 is 0 Å². The van der Waals surface area contributed by atoms with E-state index < -0.39 is 0 Å². The summed E-state index contributed by atoms with van der Waals surface area (Å²) >= 11 is 0. The third kappa shape index (κ3) is 3.44. The average Bonchev–Trinajstić information content (AvgIpc) is 2.37. The maximum Gasteiger partial charge on any atom is 0.127 e. The number of hydrogen-bond donors (Lipinski definition) is 2. The van der Waals surface area contributed by atoms with Gasteiger partial charge in [-0.3, -0.25) is 0 Å². The number of para-hydroxylation sites is 2. The number of rotatable bonds is 3. The molecular weight excluding hydrogens is 272 g/mol. The second kappa shape index (κ2) is 5.68. The van der Waals surface area contributed by atoms with Gasteiger partial charge in [0.2, 0.25) is 0 Å². The van der Waals surface area contributed by atoms with Crippen molar-refractivity contribution in [3.8, 4) is 22.6 Å². The maximum absolute atomic E-state index is 10.8. The van der Waals surface area contributed by atoms with Crippen LogP contribution in [0.4, 0.5) is 0 Å². The molecule has 22 heavy (non-hydrogen) atoms. The molecule has 118 valence electrons. The van der Waals surface area contributed by atoms with E-state index in [2.05, 4.69) is 34.6 Å². The molecule has 0 aromatic heterocycles. The molecule has 0 aliphatic rings. The van der Waals surface area contributed by atoms with Crippen molar-refractivity contribution < 1.29 is 10.2 Å². The molecule has 0 heterocycles. The van der Waals surface area contributed by atoms with Crippen LogP contribution < -0.4 is 0 Å². The first-order valence-corrected chi connectivity index (χ1v) is 7.73. The Kier molecular flexibility index (Phi) is 4.23. The van der Waals surface area contributed by atoms with Crippen LogP contribution in [-0.4, -0.2) is 10.2 Å². The van der Waals surface area contributed by atoms with Crippen molar-refractivity contribution in [3.63, 3.8) is 0 Å². The summed E-state index contributed by atoms with van der Waals surface area (Å²) in [5.41, 5.74) is 2.28. The van der Waals surface area contributed by atoms with Gasteiger partial charge in [0.05, 0.1) is 0 Å². The maximum atomic E-state index is 10.8. The first-order chi connectivity index (χ1) is 10.1. The van der Waals surface area contributed by atoms with Crippen LogP contribution in [0.3, 0.4) is 0 Å². The van der Waals surface area contributed by atoms with Gasteiger partial charge in [0.25, 0.3) is 0 Å². The van der Waals surface area contributed by atoms with Gasteiger partial charge in [0.15, 0.2) is 0 Å². The lowest BCUT2D eigenvalue weighted by atomic mass is 9.71. The highest BCUT2D eigenvalue weighted by Gasteiger charge is 2.30. The van der Waals surface area contributed by atoms with Crippen LogP contribution in [0, 0.1) is 5.41 Å². The van der Waals surface area contributed by atoms with Gasteiger partial charge >= 0.3 is 0 Å². The Morgan fingerprint density at radius 1 is 0.773 bits per heavy atom. The van der Waals surface area contributed by atoms with Crippen molar-refractivity contribution in [2.45, 2.75) is 46.5 Å². The van der Waals surface area contributed by atoms with Crippen molar-refractivity contribution in [1.29, 1.82) is 0 Å². The molecule has 0 bridgehead atoms. The highest BCUT2D eigenvalue weighted by molar-refractivity contribution is 5.76. The summed E-state index contributed by atoms with van der Waals surface area (Å²) < 4.78 is 0. The van der Waals surface area contributed by atoms with Crippen LogP contribution >= 0.6 is 0 Å². The molecule has 0 amide bonds. The number of benzene rings is 2. The lowest BCUT2D eigenvalue weighted by Crippen LogP contribution is -2.25. The predicted molar refractivity (Wildman–Crippen MR) is 92.3 cm³/mol. The minimum Gasteiger partial charge on any atom is -0.507 e. The summed E-state index contributed by atoms with van der Waals surface area (Å²) in [6, 6.07) is 12.9. The van der Waals surface area contributed by atoms with Gasteiger partial charge < -0.3 is 10.2 Å². The second-order valence-corrected chi connectivity index (χ2v) is 7.84. The summed E-state index contributed by atoms with van der Waals surface area (Å²) in [7, 11) is 0. The van der Waals surface area contributed by atoms with Crippen LogP contribution in [0.5, 0.6) is 11.5 Å². The van der Waals surface area contributed by atoms with Gasteiger partial charge in [-0.2, -0.15) is 0 Å². The van der Waals surface area contributed by atoms with Crippen molar-refractivity contribution in [2.24, 2.45) is 5.41 Å². The Morgan fingerprint density at radius 3 is 1.95 bits per heavy atom. The molecule has 0 aliphatic heterocycles.